The molecular formula is C26H26ClN7O4S2. The summed E-state index contributed by atoms with van der Waals surface area (Å²) in [6, 6.07) is 12.3. The molecule has 4 aromatic rings. The van der Waals surface area contributed by atoms with Crippen LogP contribution in [0.15, 0.2) is 59.1 Å². The minimum atomic E-state index is -0.544. The minimum Gasteiger partial charge on any atom is -0.342 e. The third kappa shape index (κ3) is 7.03. The van der Waals surface area contributed by atoms with E-state index in [0.717, 1.165) is 11.3 Å². The van der Waals surface area contributed by atoms with Crippen molar-refractivity contribution in [3.8, 4) is 11.3 Å². The predicted octanol–water partition coefficient (Wildman–Crippen LogP) is 5.84. The summed E-state index contributed by atoms with van der Waals surface area (Å²) in [5, 5.41) is 29.0. The van der Waals surface area contributed by atoms with E-state index < -0.39 is 16.9 Å². The number of anilines is 1. The first kappa shape index (κ1) is 29.2. The lowest BCUT2D eigenvalue weighted by Crippen LogP contribution is -2.33. The zero-order chi connectivity index (χ0) is 28.8. The molecule has 2 amide bonds. The number of aromatic nitrogens is 4. The molecule has 0 aliphatic heterocycles. The lowest BCUT2D eigenvalue weighted by molar-refractivity contribution is -0.384. The van der Waals surface area contributed by atoms with Crippen LogP contribution in [0.4, 0.5) is 10.8 Å². The minimum absolute atomic E-state index is 0.0574. The van der Waals surface area contributed by atoms with Crippen LogP contribution in [-0.2, 0) is 11.3 Å². The Morgan fingerprint density at radius 2 is 1.93 bits per heavy atom. The van der Waals surface area contributed by atoms with Gasteiger partial charge in [-0.3, -0.25) is 19.7 Å². The van der Waals surface area contributed by atoms with Crippen LogP contribution in [0.5, 0.6) is 0 Å². The van der Waals surface area contributed by atoms with E-state index in [-0.39, 0.29) is 28.8 Å². The third-order valence-electron chi connectivity index (χ3n) is 5.84. The summed E-state index contributed by atoms with van der Waals surface area (Å²) in [4.78, 5) is 40.6. The van der Waals surface area contributed by atoms with Crippen LogP contribution in [0, 0.1) is 16.0 Å². The second kappa shape index (κ2) is 13.0. The van der Waals surface area contributed by atoms with Gasteiger partial charge in [-0.25, -0.2) is 4.98 Å². The normalized spacial score (nSPS) is 11.8. The van der Waals surface area contributed by atoms with Crippen molar-refractivity contribution in [2.75, 3.05) is 11.1 Å². The number of thiazole rings is 1. The molecule has 0 saturated heterocycles. The Bertz CT molecular complexity index is 1520. The molecule has 4 rings (SSSR count). The van der Waals surface area contributed by atoms with Crippen molar-refractivity contribution < 1.29 is 14.5 Å². The summed E-state index contributed by atoms with van der Waals surface area (Å²) >= 11 is 8.50. The van der Waals surface area contributed by atoms with Gasteiger partial charge in [0, 0.05) is 40.2 Å². The Labute approximate surface area is 243 Å². The first-order valence-corrected chi connectivity index (χ1v) is 14.5. The van der Waals surface area contributed by atoms with Gasteiger partial charge in [0.05, 0.1) is 22.4 Å². The standard InChI is InChI=1S/C26H26ClN7O4S2/c1-4-33-23(22(15(2)3)30-24(36)17-6-5-7-19(12-17)34(37)38)31-32-26(33)40-14-21(35)29-25-28-20(13-39-25)16-8-10-18(27)11-9-16/h5-13,15,22H,4,14H2,1-3H3,(H,30,36)(H,28,29,35). The van der Waals surface area contributed by atoms with E-state index in [4.69, 9.17) is 11.6 Å². The van der Waals surface area contributed by atoms with Crippen LogP contribution < -0.4 is 10.6 Å². The molecule has 2 heterocycles. The number of nitrogens with zero attached hydrogens (tertiary/aromatic N) is 5. The van der Waals surface area contributed by atoms with Crippen LogP contribution in [0.2, 0.25) is 5.02 Å². The molecular weight excluding hydrogens is 574 g/mol. The molecule has 208 valence electrons. The molecule has 2 N–H and O–H groups in total. The molecule has 14 heteroatoms. The molecule has 0 saturated carbocycles. The van der Waals surface area contributed by atoms with Gasteiger partial charge in [-0.1, -0.05) is 55.4 Å². The van der Waals surface area contributed by atoms with E-state index in [1.807, 2.05) is 42.9 Å². The molecule has 1 atom stereocenters. The van der Waals surface area contributed by atoms with Crippen molar-refractivity contribution in [3.63, 3.8) is 0 Å². The summed E-state index contributed by atoms with van der Waals surface area (Å²) < 4.78 is 1.85. The number of nitro groups is 1. The molecule has 0 bridgehead atoms. The number of benzene rings is 2. The largest absolute Gasteiger partial charge is 0.342 e. The Balaban J connectivity index is 1.41. The molecule has 2 aromatic heterocycles. The maximum atomic E-state index is 12.9. The van der Waals surface area contributed by atoms with Gasteiger partial charge in [0.2, 0.25) is 5.91 Å². The maximum Gasteiger partial charge on any atom is 0.270 e. The molecule has 0 aliphatic carbocycles. The van der Waals surface area contributed by atoms with Crippen molar-refractivity contribution in [1.82, 2.24) is 25.1 Å². The summed E-state index contributed by atoms with van der Waals surface area (Å²) in [5.41, 5.74) is 1.65. The first-order valence-electron chi connectivity index (χ1n) is 12.3. The third-order valence-corrected chi connectivity index (χ3v) is 7.81. The number of hydrogen-bond donors (Lipinski definition) is 2. The monoisotopic (exact) mass is 599 g/mol. The molecule has 1 unspecified atom stereocenters. The van der Waals surface area contributed by atoms with E-state index in [0.29, 0.717) is 27.7 Å². The molecule has 0 spiro atoms. The smallest absolute Gasteiger partial charge is 0.270 e. The molecule has 40 heavy (non-hydrogen) atoms. The van der Waals surface area contributed by atoms with E-state index in [2.05, 4.69) is 25.8 Å². The predicted molar refractivity (Wildman–Crippen MR) is 156 cm³/mol. The van der Waals surface area contributed by atoms with E-state index >= 15 is 0 Å². The number of nitro benzene ring substituents is 1. The number of nitrogens with one attached hydrogen (secondary N) is 2. The zero-order valence-corrected chi connectivity index (χ0v) is 24.2. The van der Waals surface area contributed by atoms with Crippen LogP contribution in [0.1, 0.15) is 43.0 Å². The fourth-order valence-corrected chi connectivity index (χ4v) is 5.49. The van der Waals surface area contributed by atoms with Crippen LogP contribution in [-0.4, -0.2) is 42.2 Å². The second-order valence-electron chi connectivity index (χ2n) is 8.97. The average molecular weight is 600 g/mol. The highest BCUT2D eigenvalue weighted by Gasteiger charge is 2.27. The van der Waals surface area contributed by atoms with Gasteiger partial charge in [0.15, 0.2) is 16.1 Å². The Morgan fingerprint density at radius 3 is 2.60 bits per heavy atom. The van der Waals surface area contributed by atoms with Crippen molar-refractivity contribution >= 4 is 57.3 Å². The highest BCUT2D eigenvalue weighted by Crippen LogP contribution is 2.28. The SMILES string of the molecule is CCn1c(SCC(=O)Nc2nc(-c3ccc(Cl)cc3)cs2)nnc1C(NC(=O)c1cccc([N+](=O)[O-])c1)C(C)C. The Kier molecular flexibility index (Phi) is 9.50. The summed E-state index contributed by atoms with van der Waals surface area (Å²) in [5.74, 6) is -0.137. The lowest BCUT2D eigenvalue weighted by Gasteiger charge is -2.22. The number of non-ortho nitro benzene ring substituents is 1. The molecule has 0 radical (unpaired) electrons. The van der Waals surface area contributed by atoms with Crippen molar-refractivity contribution in [3.05, 3.63) is 80.4 Å². The number of thioether (sulfide) groups is 1. The fraction of sp³-hybridized carbons (Fsp3) is 0.269. The summed E-state index contributed by atoms with van der Waals surface area (Å²) in [6.07, 6.45) is 0. The zero-order valence-electron chi connectivity index (χ0n) is 21.8. The molecule has 0 fully saturated rings. The van der Waals surface area contributed by atoms with Crippen molar-refractivity contribution in [2.45, 2.75) is 38.5 Å². The van der Waals surface area contributed by atoms with Crippen molar-refractivity contribution in [2.24, 2.45) is 5.92 Å². The lowest BCUT2D eigenvalue weighted by atomic mass is 10.0. The molecule has 0 aliphatic rings. The number of rotatable bonds is 11. The van der Waals surface area contributed by atoms with Crippen LogP contribution in [0.25, 0.3) is 11.3 Å². The number of amides is 2. The fourth-order valence-electron chi connectivity index (χ4n) is 3.82. The van der Waals surface area contributed by atoms with Gasteiger partial charge in [0.1, 0.15) is 0 Å². The summed E-state index contributed by atoms with van der Waals surface area (Å²) in [6.45, 7) is 6.29. The second-order valence-corrected chi connectivity index (χ2v) is 11.2. The van der Waals surface area contributed by atoms with Gasteiger partial charge in [-0.15, -0.1) is 21.5 Å². The number of hydrogen-bond acceptors (Lipinski definition) is 9. The van der Waals surface area contributed by atoms with Gasteiger partial charge >= 0.3 is 0 Å². The first-order chi connectivity index (χ1) is 19.2. The highest BCUT2D eigenvalue weighted by atomic mass is 35.5. The number of carbonyl (C=O) groups excluding carboxylic acids is 2. The average Bonchev–Trinajstić information content (AvgIpc) is 3.57. The molecule has 11 nitrogen and oxygen atoms in total. The summed E-state index contributed by atoms with van der Waals surface area (Å²) in [7, 11) is 0. The quantitative estimate of drug-likeness (QED) is 0.124. The van der Waals surface area contributed by atoms with Gasteiger partial charge < -0.3 is 15.2 Å². The topological polar surface area (TPSA) is 145 Å². The Morgan fingerprint density at radius 1 is 1.18 bits per heavy atom. The highest BCUT2D eigenvalue weighted by molar-refractivity contribution is 7.99. The Hall–Kier alpha value is -3.81. The molecule has 2 aromatic carbocycles. The van der Waals surface area contributed by atoms with E-state index in [1.54, 1.807) is 12.1 Å². The maximum absolute atomic E-state index is 12.9. The number of carbonyl (C=O) groups is 2. The number of halogens is 1. The van der Waals surface area contributed by atoms with Gasteiger partial charge in [0.25, 0.3) is 11.6 Å². The van der Waals surface area contributed by atoms with E-state index in [1.165, 1.54) is 47.4 Å². The van der Waals surface area contributed by atoms with Crippen molar-refractivity contribution in [1.29, 1.82) is 0 Å². The van der Waals surface area contributed by atoms with Gasteiger partial charge in [-0.2, -0.15) is 0 Å². The van der Waals surface area contributed by atoms with Crippen LogP contribution >= 0.6 is 34.7 Å². The van der Waals surface area contributed by atoms with E-state index in [9.17, 15) is 19.7 Å². The van der Waals surface area contributed by atoms with Crippen LogP contribution in [0.3, 0.4) is 0 Å². The van der Waals surface area contributed by atoms with Gasteiger partial charge in [-0.05, 0) is 31.0 Å².